The van der Waals surface area contributed by atoms with Crippen molar-refractivity contribution in [2.75, 3.05) is 37.6 Å². The van der Waals surface area contributed by atoms with Crippen molar-refractivity contribution in [1.82, 2.24) is 9.88 Å². The molecule has 0 spiro atoms. The molecule has 0 amide bonds. The molecular weight excluding hydrogens is 276 g/mol. The van der Waals surface area contributed by atoms with Crippen molar-refractivity contribution in [3.63, 3.8) is 0 Å². The first-order valence-electron chi connectivity index (χ1n) is 7.62. The molecule has 2 heterocycles. The topological polar surface area (TPSA) is 63.4 Å². The smallest absolute Gasteiger partial charge is 0.147 e. The molecule has 1 aliphatic heterocycles. The van der Waals surface area contributed by atoms with E-state index in [0.29, 0.717) is 12.1 Å². The van der Waals surface area contributed by atoms with Gasteiger partial charge in [-0.3, -0.25) is 4.90 Å². The minimum absolute atomic E-state index is 0.306. The van der Waals surface area contributed by atoms with Crippen molar-refractivity contribution in [3.8, 4) is 6.07 Å². The number of piperazine rings is 1. The van der Waals surface area contributed by atoms with Crippen molar-refractivity contribution in [1.29, 1.82) is 5.26 Å². The largest absolute Gasteiger partial charge is 0.392 e. The highest BCUT2D eigenvalue weighted by molar-refractivity contribution is 5.83. The lowest BCUT2D eigenvalue weighted by Crippen LogP contribution is -2.48. The number of aliphatic hydroxyl groups excluding tert-OH is 1. The molecule has 3 rings (SSSR count). The number of pyridine rings is 1. The molecule has 0 bridgehead atoms. The summed E-state index contributed by atoms with van der Waals surface area (Å²) in [6, 6.07) is 12.1. The molecular formula is C17H20N4O. The van der Waals surface area contributed by atoms with Gasteiger partial charge in [0.25, 0.3) is 0 Å². The number of β-amino-alcohol motifs (C(OH)–C–C–N with tert-alkyl or cyclic N) is 1. The summed E-state index contributed by atoms with van der Waals surface area (Å²) in [7, 11) is 0. The number of aliphatic hydroxyl groups is 1. The number of para-hydroxylation sites is 1. The molecule has 1 saturated heterocycles. The van der Waals surface area contributed by atoms with E-state index in [-0.39, 0.29) is 6.10 Å². The Labute approximate surface area is 130 Å². The van der Waals surface area contributed by atoms with E-state index in [1.54, 1.807) is 0 Å². The minimum atomic E-state index is -0.306. The lowest BCUT2D eigenvalue weighted by molar-refractivity contribution is 0.122. The van der Waals surface area contributed by atoms with E-state index in [1.165, 1.54) is 0 Å². The normalized spacial score (nSPS) is 17.4. The van der Waals surface area contributed by atoms with Gasteiger partial charge in [-0.05, 0) is 19.1 Å². The van der Waals surface area contributed by atoms with Crippen LogP contribution >= 0.6 is 0 Å². The molecule has 0 radical (unpaired) electrons. The SMILES string of the molecule is C[C@@H](O)CN1CCN(c2nc3ccccc3cc2C#N)CC1. The molecule has 1 aromatic heterocycles. The quantitative estimate of drug-likeness (QED) is 0.932. The van der Waals surface area contributed by atoms with Gasteiger partial charge >= 0.3 is 0 Å². The molecule has 5 heteroatoms. The maximum absolute atomic E-state index is 9.48. The zero-order valence-electron chi connectivity index (χ0n) is 12.7. The number of rotatable bonds is 3. The zero-order valence-corrected chi connectivity index (χ0v) is 12.7. The highest BCUT2D eigenvalue weighted by Crippen LogP contribution is 2.24. The Bertz CT molecular complexity index is 699. The average molecular weight is 296 g/mol. The van der Waals surface area contributed by atoms with Gasteiger partial charge in [-0.25, -0.2) is 4.98 Å². The molecule has 1 fully saturated rings. The van der Waals surface area contributed by atoms with Crippen LogP contribution in [0.25, 0.3) is 10.9 Å². The van der Waals surface area contributed by atoms with E-state index in [0.717, 1.165) is 42.9 Å². The first-order valence-corrected chi connectivity index (χ1v) is 7.62. The Hall–Kier alpha value is -2.16. The second-order valence-corrected chi connectivity index (χ2v) is 5.80. The average Bonchev–Trinajstić information content (AvgIpc) is 2.54. The third kappa shape index (κ3) is 3.03. The fraction of sp³-hybridized carbons (Fsp3) is 0.412. The number of benzene rings is 1. The van der Waals surface area contributed by atoms with E-state index in [4.69, 9.17) is 4.98 Å². The molecule has 0 aliphatic carbocycles. The highest BCUT2D eigenvalue weighted by Gasteiger charge is 2.21. The standard InChI is InChI=1S/C17H20N4O/c1-13(22)12-20-6-8-21(9-7-20)17-15(11-18)10-14-4-2-3-5-16(14)19-17/h2-5,10,13,22H,6-9,12H2,1H3/t13-/m1/s1. The minimum Gasteiger partial charge on any atom is -0.392 e. The predicted molar refractivity (Wildman–Crippen MR) is 86.8 cm³/mol. The van der Waals surface area contributed by atoms with Gasteiger partial charge in [-0.1, -0.05) is 18.2 Å². The third-order valence-electron chi connectivity index (χ3n) is 4.02. The van der Waals surface area contributed by atoms with Crippen molar-refractivity contribution in [2.45, 2.75) is 13.0 Å². The highest BCUT2D eigenvalue weighted by atomic mass is 16.3. The summed E-state index contributed by atoms with van der Waals surface area (Å²) in [4.78, 5) is 9.11. The molecule has 0 saturated carbocycles. The van der Waals surface area contributed by atoms with Crippen LogP contribution in [0, 0.1) is 11.3 Å². The van der Waals surface area contributed by atoms with Crippen LogP contribution in [-0.2, 0) is 0 Å². The number of nitriles is 1. The first kappa shape index (κ1) is 14.8. The maximum Gasteiger partial charge on any atom is 0.147 e. The third-order valence-corrected chi connectivity index (χ3v) is 4.02. The van der Waals surface area contributed by atoms with Crippen LogP contribution in [0.1, 0.15) is 12.5 Å². The molecule has 114 valence electrons. The number of fused-ring (bicyclic) bond motifs is 1. The van der Waals surface area contributed by atoms with Gasteiger partial charge in [0, 0.05) is 38.1 Å². The van der Waals surface area contributed by atoms with Gasteiger partial charge < -0.3 is 10.0 Å². The molecule has 0 unspecified atom stereocenters. The van der Waals surface area contributed by atoms with Crippen LogP contribution in [-0.4, -0.2) is 53.8 Å². The Balaban J connectivity index is 1.83. The Kier molecular flexibility index (Phi) is 4.23. The molecule has 2 aromatic rings. The number of anilines is 1. The van der Waals surface area contributed by atoms with Crippen molar-refractivity contribution >= 4 is 16.7 Å². The fourth-order valence-corrected chi connectivity index (χ4v) is 2.95. The summed E-state index contributed by atoms with van der Waals surface area (Å²) in [6.07, 6.45) is -0.306. The number of hydrogen-bond acceptors (Lipinski definition) is 5. The molecule has 5 nitrogen and oxygen atoms in total. The van der Waals surface area contributed by atoms with Gasteiger partial charge in [-0.15, -0.1) is 0 Å². The van der Waals surface area contributed by atoms with Crippen molar-refractivity contribution in [2.24, 2.45) is 0 Å². The van der Waals surface area contributed by atoms with E-state index >= 15 is 0 Å². The van der Waals surface area contributed by atoms with Gasteiger partial charge in [0.2, 0.25) is 0 Å². The lowest BCUT2D eigenvalue weighted by Gasteiger charge is -2.36. The summed E-state index contributed by atoms with van der Waals surface area (Å²) >= 11 is 0. The van der Waals surface area contributed by atoms with Crippen LogP contribution in [0.4, 0.5) is 5.82 Å². The zero-order chi connectivity index (χ0) is 15.5. The summed E-state index contributed by atoms with van der Waals surface area (Å²) < 4.78 is 0. The second kappa shape index (κ2) is 6.30. The molecule has 1 aliphatic rings. The summed E-state index contributed by atoms with van der Waals surface area (Å²) in [5.74, 6) is 0.776. The van der Waals surface area contributed by atoms with Crippen LogP contribution < -0.4 is 4.90 Å². The lowest BCUT2D eigenvalue weighted by atomic mass is 10.1. The van der Waals surface area contributed by atoms with Crippen molar-refractivity contribution in [3.05, 3.63) is 35.9 Å². The number of aromatic nitrogens is 1. The number of hydrogen-bond donors (Lipinski definition) is 1. The molecule has 22 heavy (non-hydrogen) atoms. The monoisotopic (exact) mass is 296 g/mol. The molecule has 1 aromatic carbocycles. The van der Waals surface area contributed by atoms with Crippen LogP contribution in [0.5, 0.6) is 0 Å². The predicted octanol–water partition coefficient (Wildman–Crippen LogP) is 1.61. The van der Waals surface area contributed by atoms with E-state index in [9.17, 15) is 10.4 Å². The van der Waals surface area contributed by atoms with Crippen LogP contribution in [0.15, 0.2) is 30.3 Å². The summed E-state index contributed by atoms with van der Waals surface area (Å²) in [6.45, 7) is 5.92. The van der Waals surface area contributed by atoms with Crippen LogP contribution in [0.2, 0.25) is 0 Å². The first-order chi connectivity index (χ1) is 10.7. The Morgan fingerprint density at radius 2 is 2.00 bits per heavy atom. The number of nitrogens with zero attached hydrogens (tertiary/aromatic N) is 4. The Morgan fingerprint density at radius 1 is 1.27 bits per heavy atom. The summed E-state index contributed by atoms with van der Waals surface area (Å²) in [5.41, 5.74) is 1.55. The van der Waals surface area contributed by atoms with E-state index < -0.39 is 0 Å². The van der Waals surface area contributed by atoms with Crippen LogP contribution in [0.3, 0.4) is 0 Å². The Morgan fingerprint density at radius 3 is 2.68 bits per heavy atom. The molecule has 1 N–H and O–H groups in total. The van der Waals surface area contributed by atoms with E-state index in [2.05, 4.69) is 15.9 Å². The van der Waals surface area contributed by atoms with Gasteiger partial charge in [0.1, 0.15) is 11.9 Å². The maximum atomic E-state index is 9.48. The van der Waals surface area contributed by atoms with Crippen molar-refractivity contribution < 1.29 is 5.11 Å². The van der Waals surface area contributed by atoms with Gasteiger partial charge in [0.15, 0.2) is 0 Å². The van der Waals surface area contributed by atoms with Gasteiger partial charge in [0.05, 0.1) is 17.2 Å². The summed E-state index contributed by atoms with van der Waals surface area (Å²) in [5, 5.41) is 19.9. The molecule has 1 atom stereocenters. The fourth-order valence-electron chi connectivity index (χ4n) is 2.95. The van der Waals surface area contributed by atoms with Gasteiger partial charge in [-0.2, -0.15) is 5.26 Å². The second-order valence-electron chi connectivity index (χ2n) is 5.80. The van der Waals surface area contributed by atoms with E-state index in [1.807, 2.05) is 37.3 Å².